The van der Waals surface area contributed by atoms with Crippen molar-refractivity contribution >= 4 is 5.97 Å². The van der Waals surface area contributed by atoms with E-state index in [4.69, 9.17) is 5.11 Å². The van der Waals surface area contributed by atoms with Gasteiger partial charge in [-0.25, -0.2) is 0 Å². The van der Waals surface area contributed by atoms with Gasteiger partial charge in [0.1, 0.15) is 0 Å². The highest BCUT2D eigenvalue weighted by Gasteiger charge is 2.40. The van der Waals surface area contributed by atoms with E-state index >= 15 is 0 Å². The Morgan fingerprint density at radius 3 is 1.61 bits per heavy atom. The molecule has 0 bridgehead atoms. The van der Waals surface area contributed by atoms with Crippen molar-refractivity contribution in [1.82, 2.24) is 5.32 Å². The number of aliphatic carboxylic acids is 1. The maximum atomic E-state index is 10.4. The summed E-state index contributed by atoms with van der Waals surface area (Å²) >= 11 is 0. The number of hydrogen-bond acceptors (Lipinski definition) is 2. The smallest absolute Gasteiger partial charge is 0.303 e. The maximum Gasteiger partial charge on any atom is 0.303 e. The zero-order valence-corrected chi connectivity index (χ0v) is 13.1. The van der Waals surface area contributed by atoms with Crippen molar-refractivity contribution in [2.24, 2.45) is 17.8 Å². The summed E-state index contributed by atoms with van der Waals surface area (Å²) < 4.78 is 0. The Morgan fingerprint density at radius 2 is 1.39 bits per heavy atom. The van der Waals surface area contributed by atoms with Crippen LogP contribution < -0.4 is 5.32 Å². The highest BCUT2D eigenvalue weighted by molar-refractivity contribution is 5.67. The molecule has 3 nitrogen and oxygen atoms in total. The highest BCUT2D eigenvalue weighted by Crippen LogP contribution is 2.50. The molecule has 2 rings (SSSR count). The van der Waals surface area contributed by atoms with E-state index in [0.717, 1.165) is 11.8 Å². The highest BCUT2D eigenvalue weighted by atomic mass is 16.4. The summed E-state index contributed by atoms with van der Waals surface area (Å²) in [5, 5.41) is 11.3. The molecule has 0 heterocycles. The van der Waals surface area contributed by atoms with Crippen LogP contribution in [0.2, 0.25) is 0 Å². The fraction of sp³-hybridized carbons (Fsp3) is 0.933. The second kappa shape index (κ2) is 12.9. The van der Waals surface area contributed by atoms with Gasteiger partial charge in [-0.15, -0.1) is 0 Å². The van der Waals surface area contributed by atoms with E-state index in [-0.39, 0.29) is 0 Å². The van der Waals surface area contributed by atoms with Crippen LogP contribution in [0.15, 0.2) is 0 Å². The van der Waals surface area contributed by atoms with Crippen LogP contribution in [0.1, 0.15) is 59.8 Å². The lowest BCUT2D eigenvalue weighted by Gasteiger charge is -2.29. The molecule has 18 heavy (non-hydrogen) atoms. The van der Waals surface area contributed by atoms with Gasteiger partial charge in [-0.05, 0) is 57.5 Å². The number of fused-ring (bicyclic) bond motifs is 1. The van der Waals surface area contributed by atoms with Gasteiger partial charge in [0, 0.05) is 6.42 Å². The normalized spacial score (nSPS) is 26.9. The van der Waals surface area contributed by atoms with Gasteiger partial charge < -0.3 is 10.4 Å². The molecule has 2 aliphatic carbocycles. The Balaban J connectivity index is 0. The van der Waals surface area contributed by atoms with Crippen LogP contribution in [-0.2, 0) is 4.79 Å². The quantitative estimate of drug-likeness (QED) is 0.793. The first-order valence-electron chi connectivity index (χ1n) is 7.47. The lowest BCUT2D eigenvalue weighted by molar-refractivity contribution is -0.138. The largest absolute Gasteiger partial charge is 0.481 e. The summed E-state index contributed by atoms with van der Waals surface area (Å²) in [7, 11) is 3.75. The molecule has 0 amide bonds. The number of hydrogen-bond donors (Lipinski definition) is 2. The maximum absolute atomic E-state index is 10.4. The van der Waals surface area contributed by atoms with Crippen molar-refractivity contribution in [2.75, 3.05) is 14.1 Å². The molecule has 0 radical (unpaired) electrons. The zero-order valence-electron chi connectivity index (χ0n) is 13.1. The molecule has 0 aliphatic heterocycles. The molecule has 0 aromatic heterocycles. The van der Waals surface area contributed by atoms with Gasteiger partial charge >= 0.3 is 5.97 Å². The van der Waals surface area contributed by atoms with E-state index in [0.29, 0.717) is 12.3 Å². The topological polar surface area (TPSA) is 49.3 Å². The minimum atomic E-state index is -0.615. The fourth-order valence-electron chi connectivity index (χ4n) is 2.62. The van der Waals surface area contributed by atoms with Gasteiger partial charge in [-0.3, -0.25) is 4.79 Å². The van der Waals surface area contributed by atoms with Crippen LogP contribution in [0.3, 0.4) is 0 Å². The van der Waals surface area contributed by atoms with E-state index in [1.54, 1.807) is 0 Å². The lowest BCUT2D eigenvalue weighted by Crippen LogP contribution is -2.18. The van der Waals surface area contributed by atoms with E-state index in [9.17, 15) is 4.79 Å². The van der Waals surface area contributed by atoms with Crippen LogP contribution in [0, 0.1) is 17.8 Å². The summed E-state index contributed by atoms with van der Waals surface area (Å²) in [6.45, 7) is 8.00. The predicted molar refractivity (Wildman–Crippen MR) is 78.9 cm³/mol. The van der Waals surface area contributed by atoms with Gasteiger partial charge in [0.2, 0.25) is 0 Å². The van der Waals surface area contributed by atoms with Gasteiger partial charge in [0.25, 0.3) is 0 Å². The lowest BCUT2D eigenvalue weighted by atomic mass is 9.77. The molecule has 0 saturated heterocycles. The number of carboxylic acids is 1. The number of carboxylic acid groups (broad SMARTS) is 1. The molecule has 2 aliphatic rings. The second-order valence-electron chi connectivity index (χ2n) is 4.53. The van der Waals surface area contributed by atoms with Crippen LogP contribution >= 0.6 is 0 Å². The Hall–Kier alpha value is -0.570. The summed E-state index contributed by atoms with van der Waals surface area (Å²) in [4.78, 5) is 10.4. The minimum Gasteiger partial charge on any atom is -0.481 e. The molecule has 2 fully saturated rings. The van der Waals surface area contributed by atoms with E-state index in [2.05, 4.69) is 5.32 Å². The first-order valence-corrected chi connectivity index (χ1v) is 7.47. The van der Waals surface area contributed by atoms with Crippen LogP contribution in [-0.4, -0.2) is 25.2 Å². The third-order valence-corrected chi connectivity index (χ3v) is 3.31. The average Bonchev–Trinajstić information content (AvgIpc) is 2.62. The third-order valence-electron chi connectivity index (χ3n) is 3.31. The van der Waals surface area contributed by atoms with Crippen molar-refractivity contribution in [3.8, 4) is 0 Å². The molecule has 2 N–H and O–H groups in total. The molecular formula is C15H33NO2. The molecule has 2 saturated carbocycles. The SMILES string of the molecule is CC.CC.CNC.O=C(O)CC1CC2CC[C@H]2C1. The first kappa shape index (κ1) is 19.8. The Bertz CT molecular complexity index is 183. The Labute approximate surface area is 113 Å². The van der Waals surface area contributed by atoms with E-state index < -0.39 is 5.97 Å². The van der Waals surface area contributed by atoms with Crippen molar-refractivity contribution < 1.29 is 9.90 Å². The van der Waals surface area contributed by atoms with Gasteiger partial charge in [0.05, 0.1) is 0 Å². The average molecular weight is 259 g/mol. The molecule has 2 unspecified atom stereocenters. The summed E-state index contributed by atoms with van der Waals surface area (Å²) in [5.41, 5.74) is 0. The fourth-order valence-corrected chi connectivity index (χ4v) is 2.62. The van der Waals surface area contributed by atoms with Crippen LogP contribution in [0.5, 0.6) is 0 Å². The predicted octanol–water partition coefficient (Wildman–Crippen LogP) is 3.79. The summed E-state index contributed by atoms with van der Waals surface area (Å²) in [6, 6.07) is 0. The van der Waals surface area contributed by atoms with Crippen molar-refractivity contribution in [2.45, 2.75) is 59.8 Å². The monoisotopic (exact) mass is 259 g/mol. The van der Waals surface area contributed by atoms with Gasteiger partial charge in [-0.1, -0.05) is 27.7 Å². The Morgan fingerprint density at radius 1 is 1.06 bits per heavy atom. The molecule has 3 atom stereocenters. The molecule has 0 spiro atoms. The zero-order chi connectivity index (χ0) is 14.6. The summed E-state index contributed by atoms with van der Waals surface area (Å²) in [6.07, 6.45) is 5.52. The molecule has 110 valence electrons. The number of carbonyl (C=O) groups is 1. The molecular weight excluding hydrogens is 226 g/mol. The van der Waals surface area contributed by atoms with Crippen LogP contribution in [0.25, 0.3) is 0 Å². The van der Waals surface area contributed by atoms with Crippen molar-refractivity contribution in [1.29, 1.82) is 0 Å². The minimum absolute atomic E-state index is 0.410. The molecule has 0 aromatic carbocycles. The first-order chi connectivity index (χ1) is 8.67. The van der Waals surface area contributed by atoms with Gasteiger partial charge in [-0.2, -0.15) is 0 Å². The van der Waals surface area contributed by atoms with Crippen molar-refractivity contribution in [3.05, 3.63) is 0 Å². The Kier molecular flexibility index (Phi) is 14.1. The standard InChI is InChI=1S/C9H14O2.C2H7N.2C2H6/c10-9(11)5-6-3-7-1-2-8(7)4-6;1-3-2;2*1-2/h6-8H,1-5H2,(H,10,11);3H,1-2H3;2*1-2H3/t6?,7-,8?;;;/m0.../s1. The van der Waals surface area contributed by atoms with Gasteiger partial charge in [0.15, 0.2) is 0 Å². The summed E-state index contributed by atoms with van der Waals surface area (Å²) in [5.74, 6) is 1.69. The molecule has 3 heteroatoms. The van der Waals surface area contributed by atoms with Crippen LogP contribution in [0.4, 0.5) is 0 Å². The number of rotatable bonds is 2. The third kappa shape index (κ3) is 7.70. The van der Waals surface area contributed by atoms with E-state index in [1.165, 1.54) is 25.7 Å². The second-order valence-corrected chi connectivity index (χ2v) is 4.53. The number of nitrogens with one attached hydrogen (secondary N) is 1. The van der Waals surface area contributed by atoms with E-state index in [1.807, 2.05) is 41.8 Å². The van der Waals surface area contributed by atoms with Crippen molar-refractivity contribution in [3.63, 3.8) is 0 Å². The molecule has 0 aromatic rings.